The molecule has 1 unspecified atom stereocenters. The van der Waals surface area contributed by atoms with Crippen LogP contribution >= 0.6 is 15.9 Å². The van der Waals surface area contributed by atoms with Gasteiger partial charge in [0.05, 0.1) is 10.5 Å². The molecule has 0 bridgehead atoms. The molecule has 0 spiro atoms. The van der Waals surface area contributed by atoms with Gasteiger partial charge in [0.15, 0.2) is 0 Å². The summed E-state index contributed by atoms with van der Waals surface area (Å²) in [5.74, 6) is -1.58. The topological polar surface area (TPSA) is 92.5 Å². The molecule has 6 nitrogen and oxygen atoms in total. The van der Waals surface area contributed by atoms with E-state index in [9.17, 15) is 24.4 Å². The third kappa shape index (κ3) is 3.97. The minimum Gasteiger partial charge on any atom is -0.388 e. The fraction of sp³-hybridized carbons (Fsp3) is 0.417. The maximum Gasteiger partial charge on any atom is 0.287 e. The molecule has 1 amide bonds. The van der Waals surface area contributed by atoms with Crippen LogP contribution < -0.4 is 5.32 Å². The molecule has 1 atom stereocenters. The van der Waals surface area contributed by atoms with Gasteiger partial charge in [0, 0.05) is 18.2 Å². The zero-order valence-corrected chi connectivity index (χ0v) is 12.5. The summed E-state index contributed by atoms with van der Waals surface area (Å²) in [6.07, 6.45) is 0.419. The van der Waals surface area contributed by atoms with E-state index < -0.39 is 27.9 Å². The molecular weight excluding hydrogens is 335 g/mol. The Labute approximate surface area is 123 Å². The second-order valence-electron chi connectivity index (χ2n) is 4.58. The first-order chi connectivity index (χ1) is 9.18. The number of amides is 1. The first-order valence-electron chi connectivity index (χ1n) is 5.82. The Balaban J connectivity index is 2.97. The number of rotatable bonds is 5. The van der Waals surface area contributed by atoms with Crippen molar-refractivity contribution in [1.29, 1.82) is 0 Å². The smallest absolute Gasteiger partial charge is 0.287 e. The Hall–Kier alpha value is -1.54. The number of nitro benzene ring substituents is 1. The lowest BCUT2D eigenvalue weighted by molar-refractivity contribution is -0.385. The molecule has 20 heavy (non-hydrogen) atoms. The molecule has 0 aromatic heterocycles. The van der Waals surface area contributed by atoms with Crippen molar-refractivity contribution in [2.24, 2.45) is 0 Å². The van der Waals surface area contributed by atoms with E-state index in [1.807, 2.05) is 0 Å². The Morgan fingerprint density at radius 1 is 1.60 bits per heavy atom. The summed E-state index contributed by atoms with van der Waals surface area (Å²) in [5, 5.41) is 22.9. The van der Waals surface area contributed by atoms with Crippen molar-refractivity contribution in [1.82, 2.24) is 5.32 Å². The van der Waals surface area contributed by atoms with Gasteiger partial charge in [0.2, 0.25) is 0 Å². The first kappa shape index (κ1) is 16.5. The number of halogens is 2. The fourth-order valence-electron chi connectivity index (χ4n) is 1.34. The normalized spacial score (nSPS) is 13.7. The summed E-state index contributed by atoms with van der Waals surface area (Å²) in [6.45, 7) is 3.25. The van der Waals surface area contributed by atoms with E-state index in [1.165, 1.54) is 6.92 Å². The minimum absolute atomic E-state index is 0.0339. The van der Waals surface area contributed by atoms with Crippen molar-refractivity contribution >= 4 is 27.5 Å². The Morgan fingerprint density at radius 3 is 2.70 bits per heavy atom. The van der Waals surface area contributed by atoms with Crippen LogP contribution in [0.1, 0.15) is 30.6 Å². The first-order valence-corrected chi connectivity index (χ1v) is 6.61. The summed E-state index contributed by atoms with van der Waals surface area (Å²) < 4.78 is 13.2. The summed E-state index contributed by atoms with van der Waals surface area (Å²) in [6, 6.07) is 1.87. The van der Waals surface area contributed by atoms with Crippen LogP contribution in [0.4, 0.5) is 10.1 Å². The van der Waals surface area contributed by atoms with E-state index in [0.717, 1.165) is 12.1 Å². The molecule has 1 aromatic rings. The Bertz CT molecular complexity index is 549. The number of aliphatic hydroxyl groups is 1. The lowest BCUT2D eigenvalue weighted by Crippen LogP contribution is -2.40. The highest BCUT2D eigenvalue weighted by atomic mass is 79.9. The summed E-state index contributed by atoms with van der Waals surface area (Å²) in [5.41, 5.74) is -1.79. The SMILES string of the molecule is CCC(C)(O)CNC(=O)c1cc(F)c(Br)c([N+](=O)[O-])c1. The van der Waals surface area contributed by atoms with Gasteiger partial charge < -0.3 is 10.4 Å². The van der Waals surface area contributed by atoms with Gasteiger partial charge in [0.25, 0.3) is 11.6 Å². The lowest BCUT2D eigenvalue weighted by Gasteiger charge is -2.21. The Morgan fingerprint density at radius 2 is 2.20 bits per heavy atom. The van der Waals surface area contributed by atoms with Crippen LogP contribution in [0.15, 0.2) is 16.6 Å². The highest BCUT2D eigenvalue weighted by molar-refractivity contribution is 9.10. The zero-order valence-electron chi connectivity index (χ0n) is 10.9. The fourth-order valence-corrected chi connectivity index (χ4v) is 1.71. The molecule has 1 rings (SSSR count). The van der Waals surface area contributed by atoms with Gasteiger partial charge in [-0.2, -0.15) is 0 Å². The summed E-state index contributed by atoms with van der Waals surface area (Å²) in [4.78, 5) is 21.8. The van der Waals surface area contributed by atoms with E-state index in [-0.39, 0.29) is 16.6 Å². The van der Waals surface area contributed by atoms with E-state index in [4.69, 9.17) is 0 Å². The van der Waals surface area contributed by atoms with Crippen molar-refractivity contribution in [3.63, 3.8) is 0 Å². The molecule has 0 aliphatic carbocycles. The molecule has 0 saturated heterocycles. The average Bonchev–Trinajstić information content (AvgIpc) is 2.38. The highest BCUT2D eigenvalue weighted by Gasteiger charge is 2.23. The van der Waals surface area contributed by atoms with Crippen molar-refractivity contribution in [3.8, 4) is 0 Å². The van der Waals surface area contributed by atoms with Gasteiger partial charge in [-0.1, -0.05) is 6.92 Å². The number of hydrogen-bond donors (Lipinski definition) is 2. The van der Waals surface area contributed by atoms with E-state index in [1.54, 1.807) is 6.92 Å². The van der Waals surface area contributed by atoms with Crippen LogP contribution in [-0.4, -0.2) is 28.1 Å². The van der Waals surface area contributed by atoms with Gasteiger partial charge in [-0.05, 0) is 35.3 Å². The molecule has 0 heterocycles. The third-order valence-corrected chi connectivity index (χ3v) is 3.64. The van der Waals surface area contributed by atoms with Crippen LogP contribution in [-0.2, 0) is 0 Å². The van der Waals surface area contributed by atoms with Crippen LogP contribution in [0, 0.1) is 15.9 Å². The van der Waals surface area contributed by atoms with E-state index in [2.05, 4.69) is 21.2 Å². The zero-order chi connectivity index (χ0) is 15.5. The van der Waals surface area contributed by atoms with Gasteiger partial charge in [-0.3, -0.25) is 14.9 Å². The van der Waals surface area contributed by atoms with Gasteiger partial charge in [-0.15, -0.1) is 0 Å². The number of nitro groups is 1. The van der Waals surface area contributed by atoms with Gasteiger partial charge in [-0.25, -0.2) is 4.39 Å². The second-order valence-corrected chi connectivity index (χ2v) is 5.37. The minimum atomic E-state index is -1.09. The number of benzene rings is 1. The number of carbonyl (C=O) groups is 1. The van der Waals surface area contributed by atoms with Crippen molar-refractivity contribution in [3.05, 3.63) is 38.1 Å². The predicted octanol–water partition coefficient (Wildman–Crippen LogP) is 2.39. The van der Waals surface area contributed by atoms with Crippen molar-refractivity contribution in [2.75, 3.05) is 6.54 Å². The number of nitrogens with one attached hydrogen (secondary N) is 1. The molecule has 1 aromatic carbocycles. The molecule has 0 radical (unpaired) electrons. The monoisotopic (exact) mass is 348 g/mol. The molecular formula is C12H14BrFN2O4. The number of carbonyl (C=O) groups excluding carboxylic acids is 1. The highest BCUT2D eigenvalue weighted by Crippen LogP contribution is 2.29. The van der Waals surface area contributed by atoms with Crippen molar-refractivity contribution < 1.29 is 19.2 Å². The van der Waals surface area contributed by atoms with Gasteiger partial charge in [0.1, 0.15) is 10.3 Å². The van der Waals surface area contributed by atoms with Crippen LogP contribution in [0.3, 0.4) is 0 Å². The average molecular weight is 349 g/mol. The van der Waals surface area contributed by atoms with E-state index in [0.29, 0.717) is 6.42 Å². The van der Waals surface area contributed by atoms with Crippen LogP contribution in [0.2, 0.25) is 0 Å². The molecule has 8 heteroatoms. The van der Waals surface area contributed by atoms with E-state index >= 15 is 0 Å². The van der Waals surface area contributed by atoms with Gasteiger partial charge >= 0.3 is 0 Å². The summed E-state index contributed by atoms with van der Waals surface area (Å²) >= 11 is 2.76. The molecule has 0 aliphatic heterocycles. The second kappa shape index (κ2) is 6.27. The summed E-state index contributed by atoms with van der Waals surface area (Å²) in [7, 11) is 0. The maximum atomic E-state index is 13.5. The third-order valence-electron chi connectivity index (χ3n) is 2.86. The molecule has 0 saturated carbocycles. The molecule has 0 fully saturated rings. The molecule has 110 valence electrons. The standard InChI is InChI=1S/C12H14BrFN2O4/c1-3-12(2,18)6-15-11(17)7-4-8(14)10(13)9(5-7)16(19)20/h4-5,18H,3,6H2,1-2H3,(H,15,17). The quantitative estimate of drug-likeness (QED) is 0.631. The number of hydrogen-bond acceptors (Lipinski definition) is 4. The van der Waals surface area contributed by atoms with Crippen LogP contribution in [0.25, 0.3) is 0 Å². The Kier molecular flexibility index (Phi) is 5.18. The lowest BCUT2D eigenvalue weighted by atomic mass is 10.0. The largest absolute Gasteiger partial charge is 0.388 e. The molecule has 0 aliphatic rings. The maximum absolute atomic E-state index is 13.5. The molecule has 2 N–H and O–H groups in total. The van der Waals surface area contributed by atoms with Crippen LogP contribution in [0.5, 0.6) is 0 Å². The predicted molar refractivity (Wildman–Crippen MR) is 74.0 cm³/mol. The number of nitrogens with zero attached hydrogens (tertiary/aromatic N) is 1. The van der Waals surface area contributed by atoms with Crippen molar-refractivity contribution in [2.45, 2.75) is 25.9 Å².